The highest BCUT2D eigenvalue weighted by Gasteiger charge is 2.23. The SMILES string of the molecule is Fc1ccc(N[C@@H](c2ccccc2)c2nnc(-c3ccccc3F)o2)c(F)c1. The van der Waals surface area contributed by atoms with Gasteiger partial charge in [-0.05, 0) is 29.8 Å². The highest BCUT2D eigenvalue weighted by molar-refractivity contribution is 5.54. The monoisotopic (exact) mass is 381 g/mol. The van der Waals surface area contributed by atoms with E-state index in [0.717, 1.165) is 17.7 Å². The predicted octanol–water partition coefficient (Wildman–Crippen LogP) is 5.36. The van der Waals surface area contributed by atoms with Crippen LogP contribution in [-0.4, -0.2) is 10.2 Å². The highest BCUT2D eigenvalue weighted by Crippen LogP contribution is 2.30. The molecule has 4 aromatic rings. The lowest BCUT2D eigenvalue weighted by molar-refractivity contribution is 0.489. The van der Waals surface area contributed by atoms with E-state index in [1.54, 1.807) is 36.4 Å². The van der Waals surface area contributed by atoms with Gasteiger partial charge in [0, 0.05) is 6.07 Å². The number of hydrogen-bond acceptors (Lipinski definition) is 4. The van der Waals surface area contributed by atoms with Gasteiger partial charge in [-0.25, -0.2) is 13.2 Å². The zero-order valence-electron chi connectivity index (χ0n) is 14.4. The maximum absolute atomic E-state index is 14.1. The molecule has 0 amide bonds. The maximum atomic E-state index is 14.1. The Morgan fingerprint density at radius 3 is 2.29 bits per heavy atom. The predicted molar refractivity (Wildman–Crippen MR) is 98.0 cm³/mol. The molecule has 1 aromatic heterocycles. The Kier molecular flexibility index (Phi) is 4.80. The summed E-state index contributed by atoms with van der Waals surface area (Å²) >= 11 is 0. The zero-order valence-corrected chi connectivity index (χ0v) is 14.4. The number of rotatable bonds is 5. The van der Waals surface area contributed by atoms with Crippen LogP contribution in [0.5, 0.6) is 0 Å². The molecule has 140 valence electrons. The van der Waals surface area contributed by atoms with Crippen LogP contribution < -0.4 is 5.32 Å². The molecular weight excluding hydrogens is 367 g/mol. The molecule has 0 aliphatic rings. The number of nitrogens with one attached hydrogen (secondary N) is 1. The molecule has 4 nitrogen and oxygen atoms in total. The van der Waals surface area contributed by atoms with Gasteiger partial charge in [-0.2, -0.15) is 0 Å². The van der Waals surface area contributed by atoms with Gasteiger partial charge in [0.15, 0.2) is 0 Å². The van der Waals surface area contributed by atoms with Gasteiger partial charge in [0.25, 0.3) is 5.89 Å². The van der Waals surface area contributed by atoms with Crippen molar-refractivity contribution in [3.05, 3.63) is 102 Å². The van der Waals surface area contributed by atoms with Crippen molar-refractivity contribution in [1.29, 1.82) is 0 Å². The standard InChI is InChI=1S/C21H14F3N3O/c22-14-10-11-18(17(24)12-14)25-19(13-6-2-1-3-7-13)21-27-26-20(28-21)15-8-4-5-9-16(15)23/h1-12,19,25H/t19-/m0/s1. The fraction of sp³-hybridized carbons (Fsp3) is 0.0476. The molecule has 0 bridgehead atoms. The van der Waals surface area contributed by atoms with Gasteiger partial charge in [-0.15, -0.1) is 10.2 Å². The molecule has 0 spiro atoms. The second kappa shape index (κ2) is 7.56. The molecule has 4 rings (SSSR count). The van der Waals surface area contributed by atoms with Crippen molar-refractivity contribution in [3.8, 4) is 11.5 Å². The Labute approximate surface area is 158 Å². The molecule has 1 heterocycles. The van der Waals surface area contributed by atoms with Crippen LogP contribution in [0.3, 0.4) is 0 Å². The number of halogens is 3. The van der Waals surface area contributed by atoms with Crippen molar-refractivity contribution in [2.45, 2.75) is 6.04 Å². The molecule has 0 aliphatic heterocycles. The average Bonchev–Trinajstić information content (AvgIpc) is 3.18. The largest absolute Gasteiger partial charge is 0.418 e. The summed E-state index contributed by atoms with van der Waals surface area (Å²) in [5, 5.41) is 10.9. The molecule has 1 N–H and O–H groups in total. The van der Waals surface area contributed by atoms with Crippen molar-refractivity contribution < 1.29 is 17.6 Å². The van der Waals surface area contributed by atoms with Crippen molar-refractivity contribution in [1.82, 2.24) is 10.2 Å². The Morgan fingerprint density at radius 1 is 0.786 bits per heavy atom. The molecule has 7 heteroatoms. The summed E-state index contributed by atoms with van der Waals surface area (Å²) < 4.78 is 47.1. The summed E-state index contributed by atoms with van der Waals surface area (Å²) in [7, 11) is 0. The minimum atomic E-state index is -0.755. The van der Waals surface area contributed by atoms with Crippen LogP contribution in [0, 0.1) is 17.5 Å². The fourth-order valence-corrected chi connectivity index (χ4v) is 2.79. The first-order valence-electron chi connectivity index (χ1n) is 8.46. The maximum Gasteiger partial charge on any atom is 0.250 e. The lowest BCUT2D eigenvalue weighted by Crippen LogP contribution is -2.14. The van der Waals surface area contributed by atoms with Crippen molar-refractivity contribution in [3.63, 3.8) is 0 Å². The van der Waals surface area contributed by atoms with E-state index in [9.17, 15) is 13.2 Å². The molecule has 1 atom stereocenters. The van der Waals surface area contributed by atoms with Gasteiger partial charge in [0.1, 0.15) is 23.5 Å². The van der Waals surface area contributed by atoms with Crippen molar-refractivity contribution in [2.24, 2.45) is 0 Å². The van der Waals surface area contributed by atoms with Gasteiger partial charge in [0.2, 0.25) is 5.89 Å². The summed E-state index contributed by atoms with van der Waals surface area (Å²) in [5.74, 6) is -1.80. The number of benzene rings is 3. The number of nitrogens with zero attached hydrogens (tertiary/aromatic N) is 2. The summed E-state index contributed by atoms with van der Waals surface area (Å²) in [5.41, 5.74) is 0.955. The molecule has 0 radical (unpaired) electrons. The van der Waals surface area contributed by atoms with Crippen LogP contribution >= 0.6 is 0 Å². The summed E-state index contributed by atoms with van der Waals surface area (Å²) in [6.07, 6.45) is 0. The van der Waals surface area contributed by atoms with Crippen LogP contribution in [0.4, 0.5) is 18.9 Å². The minimum Gasteiger partial charge on any atom is -0.418 e. The Morgan fingerprint density at radius 2 is 1.54 bits per heavy atom. The van der Waals surface area contributed by atoms with Gasteiger partial charge < -0.3 is 9.73 Å². The summed E-state index contributed by atoms with van der Waals surface area (Å²) in [6, 6.07) is 17.6. The average molecular weight is 381 g/mol. The summed E-state index contributed by atoms with van der Waals surface area (Å²) in [4.78, 5) is 0. The van der Waals surface area contributed by atoms with E-state index in [0.29, 0.717) is 0 Å². The Bertz CT molecular complexity index is 1100. The van der Waals surface area contributed by atoms with Crippen LogP contribution in [0.1, 0.15) is 17.5 Å². The van der Waals surface area contributed by atoms with E-state index in [4.69, 9.17) is 4.42 Å². The Hall–Kier alpha value is -3.61. The Balaban J connectivity index is 1.73. The number of anilines is 1. The first-order valence-corrected chi connectivity index (χ1v) is 8.46. The van der Waals surface area contributed by atoms with E-state index < -0.39 is 23.5 Å². The third-order valence-corrected chi connectivity index (χ3v) is 4.16. The molecule has 0 fully saturated rings. The number of hydrogen-bond donors (Lipinski definition) is 1. The van der Waals surface area contributed by atoms with Crippen LogP contribution in [0.15, 0.2) is 77.2 Å². The number of aromatic nitrogens is 2. The molecule has 0 saturated heterocycles. The van der Waals surface area contributed by atoms with E-state index in [1.807, 2.05) is 6.07 Å². The minimum absolute atomic E-state index is 0.00964. The topological polar surface area (TPSA) is 51.0 Å². The molecule has 0 saturated carbocycles. The van der Waals surface area contributed by atoms with E-state index in [2.05, 4.69) is 15.5 Å². The second-order valence-corrected chi connectivity index (χ2v) is 6.04. The first-order chi connectivity index (χ1) is 13.6. The lowest BCUT2D eigenvalue weighted by atomic mass is 10.1. The van der Waals surface area contributed by atoms with Gasteiger partial charge in [-0.1, -0.05) is 42.5 Å². The smallest absolute Gasteiger partial charge is 0.250 e. The third kappa shape index (κ3) is 3.59. The van der Waals surface area contributed by atoms with Crippen molar-refractivity contribution >= 4 is 5.69 Å². The van der Waals surface area contributed by atoms with Gasteiger partial charge in [0.05, 0.1) is 11.3 Å². The van der Waals surface area contributed by atoms with Gasteiger partial charge in [-0.3, -0.25) is 0 Å². The fourth-order valence-electron chi connectivity index (χ4n) is 2.79. The quantitative estimate of drug-likeness (QED) is 0.506. The van der Waals surface area contributed by atoms with E-state index >= 15 is 0 Å². The zero-order chi connectivity index (χ0) is 19.5. The van der Waals surface area contributed by atoms with Gasteiger partial charge >= 0.3 is 0 Å². The lowest BCUT2D eigenvalue weighted by Gasteiger charge is -2.17. The van der Waals surface area contributed by atoms with Crippen LogP contribution in [-0.2, 0) is 0 Å². The molecular formula is C21H14F3N3O. The highest BCUT2D eigenvalue weighted by atomic mass is 19.1. The first kappa shape index (κ1) is 17.8. The second-order valence-electron chi connectivity index (χ2n) is 6.04. The molecule has 0 aliphatic carbocycles. The summed E-state index contributed by atoms with van der Waals surface area (Å²) in [6.45, 7) is 0. The van der Waals surface area contributed by atoms with Crippen LogP contribution in [0.2, 0.25) is 0 Å². The normalized spacial score (nSPS) is 12.0. The van der Waals surface area contributed by atoms with E-state index in [-0.39, 0.29) is 23.0 Å². The molecule has 3 aromatic carbocycles. The third-order valence-electron chi connectivity index (χ3n) is 4.16. The van der Waals surface area contributed by atoms with Crippen molar-refractivity contribution in [2.75, 3.05) is 5.32 Å². The molecule has 0 unspecified atom stereocenters. The van der Waals surface area contributed by atoms with E-state index in [1.165, 1.54) is 18.2 Å². The van der Waals surface area contributed by atoms with Crippen LogP contribution in [0.25, 0.3) is 11.5 Å². The molecule has 28 heavy (non-hydrogen) atoms.